The van der Waals surface area contributed by atoms with Gasteiger partial charge >= 0.3 is 11.2 Å². The van der Waals surface area contributed by atoms with Gasteiger partial charge in [0.25, 0.3) is 0 Å². The van der Waals surface area contributed by atoms with Gasteiger partial charge in [-0.25, -0.2) is 4.79 Å². The zero-order valence-corrected chi connectivity index (χ0v) is 6.41. The molecule has 0 aromatic carbocycles. The van der Waals surface area contributed by atoms with Crippen LogP contribution in [0.3, 0.4) is 0 Å². The van der Waals surface area contributed by atoms with Crippen LogP contribution in [-0.2, 0) is 0 Å². The quantitative estimate of drug-likeness (QED) is 0.434. The number of hydrogen-bond donors (Lipinski definition) is 1. The van der Waals surface area contributed by atoms with E-state index in [0.717, 1.165) is 17.4 Å². The zero-order chi connectivity index (χ0) is 9.14. The van der Waals surface area contributed by atoms with Gasteiger partial charge < -0.3 is 9.84 Å². The fourth-order valence-corrected chi connectivity index (χ4v) is 1.18. The minimum atomic E-state index is -1.48. The lowest BCUT2D eigenvalue weighted by Crippen LogP contribution is -2.01. The van der Waals surface area contributed by atoms with Crippen molar-refractivity contribution in [2.75, 3.05) is 0 Å². The highest BCUT2D eigenvalue weighted by Crippen LogP contribution is 2.27. The Balaban J connectivity index is 2.77. The molecular formula is C5H3NO5S. The third-order valence-corrected chi connectivity index (χ3v) is 1.81. The summed E-state index contributed by atoms with van der Waals surface area (Å²) in [5.74, 6) is -0.0285. The summed E-state index contributed by atoms with van der Waals surface area (Å²) in [6.07, 6.45) is -1.48. The monoisotopic (exact) mass is 189 g/mol. The van der Waals surface area contributed by atoms with Gasteiger partial charge in [0.15, 0.2) is 5.75 Å². The van der Waals surface area contributed by atoms with E-state index < -0.39 is 11.1 Å². The van der Waals surface area contributed by atoms with Crippen LogP contribution in [0, 0.1) is 10.1 Å². The summed E-state index contributed by atoms with van der Waals surface area (Å²) in [4.78, 5) is 19.5. The molecule has 0 aliphatic heterocycles. The van der Waals surface area contributed by atoms with Gasteiger partial charge in [0.2, 0.25) is 0 Å². The second-order valence-electron chi connectivity index (χ2n) is 1.75. The average Bonchev–Trinajstić information content (AvgIpc) is 2.34. The molecule has 1 rings (SSSR count). The Morgan fingerprint density at radius 1 is 1.75 bits per heavy atom. The van der Waals surface area contributed by atoms with E-state index in [9.17, 15) is 14.9 Å². The molecular weight excluding hydrogens is 186 g/mol. The molecule has 7 heteroatoms. The molecule has 1 N–H and O–H groups in total. The van der Waals surface area contributed by atoms with Crippen molar-refractivity contribution in [2.45, 2.75) is 0 Å². The molecule has 0 aliphatic rings. The van der Waals surface area contributed by atoms with Crippen molar-refractivity contribution >= 4 is 22.5 Å². The number of carbonyl (C=O) groups is 1. The molecule has 6 nitrogen and oxygen atoms in total. The van der Waals surface area contributed by atoms with E-state index in [1.165, 1.54) is 5.38 Å². The molecule has 1 heterocycles. The van der Waals surface area contributed by atoms with E-state index in [2.05, 4.69) is 4.74 Å². The highest BCUT2D eigenvalue weighted by molar-refractivity contribution is 7.13. The summed E-state index contributed by atoms with van der Waals surface area (Å²) < 4.78 is 4.17. The van der Waals surface area contributed by atoms with Crippen LogP contribution in [-0.4, -0.2) is 16.2 Å². The summed E-state index contributed by atoms with van der Waals surface area (Å²) >= 11 is 0.812. The number of ether oxygens (including phenoxy) is 1. The van der Waals surface area contributed by atoms with Gasteiger partial charge in [0.05, 0.1) is 11.0 Å². The maximum Gasteiger partial charge on any atom is 0.511 e. The molecule has 0 aliphatic carbocycles. The van der Waals surface area contributed by atoms with Gasteiger partial charge in [-0.15, -0.1) is 0 Å². The van der Waals surface area contributed by atoms with Gasteiger partial charge in [-0.3, -0.25) is 10.1 Å². The third-order valence-electron chi connectivity index (χ3n) is 0.947. The van der Waals surface area contributed by atoms with Crippen LogP contribution in [0.2, 0.25) is 0 Å². The van der Waals surface area contributed by atoms with Crippen molar-refractivity contribution < 1.29 is 19.6 Å². The van der Waals surface area contributed by atoms with Gasteiger partial charge in [-0.2, -0.15) is 0 Å². The van der Waals surface area contributed by atoms with E-state index in [1.807, 2.05) is 0 Å². The lowest BCUT2D eigenvalue weighted by atomic mass is 10.6. The molecule has 0 atom stereocenters. The van der Waals surface area contributed by atoms with Gasteiger partial charge in [-0.1, -0.05) is 11.3 Å². The van der Waals surface area contributed by atoms with Crippen molar-refractivity contribution in [3.63, 3.8) is 0 Å². The molecule has 1 aromatic heterocycles. The summed E-state index contributed by atoms with van der Waals surface area (Å²) in [6.45, 7) is 0. The number of rotatable bonds is 2. The third kappa shape index (κ3) is 1.92. The normalized spacial score (nSPS) is 9.33. The van der Waals surface area contributed by atoms with Gasteiger partial charge in [0, 0.05) is 5.38 Å². The largest absolute Gasteiger partial charge is 0.511 e. The summed E-state index contributed by atoms with van der Waals surface area (Å²) in [6, 6.07) is 1.05. The van der Waals surface area contributed by atoms with E-state index in [1.54, 1.807) is 0 Å². The smallest absolute Gasteiger partial charge is 0.449 e. The highest BCUT2D eigenvalue weighted by Gasteiger charge is 2.11. The Morgan fingerprint density at radius 2 is 2.42 bits per heavy atom. The maximum atomic E-state index is 10.1. The van der Waals surface area contributed by atoms with Crippen LogP contribution < -0.4 is 4.74 Å². The molecule has 0 unspecified atom stereocenters. The second kappa shape index (κ2) is 3.18. The Labute approximate surface area is 70.2 Å². The zero-order valence-electron chi connectivity index (χ0n) is 5.59. The summed E-state index contributed by atoms with van der Waals surface area (Å²) in [5.41, 5.74) is 0. The van der Waals surface area contributed by atoms with Gasteiger partial charge in [-0.05, 0) is 0 Å². The summed E-state index contributed by atoms with van der Waals surface area (Å²) in [5, 5.41) is 19.3. The summed E-state index contributed by atoms with van der Waals surface area (Å²) in [7, 11) is 0. The van der Waals surface area contributed by atoms with E-state index in [-0.39, 0.29) is 10.8 Å². The van der Waals surface area contributed by atoms with Crippen LogP contribution in [0.15, 0.2) is 11.4 Å². The van der Waals surface area contributed by atoms with E-state index >= 15 is 0 Å². The predicted octanol–water partition coefficient (Wildman–Crippen LogP) is 1.71. The second-order valence-corrected chi connectivity index (χ2v) is 2.64. The fourth-order valence-electron chi connectivity index (χ4n) is 0.558. The Kier molecular flexibility index (Phi) is 2.24. The first-order valence-electron chi connectivity index (χ1n) is 2.73. The Hall–Kier alpha value is -1.63. The average molecular weight is 189 g/mol. The molecule has 64 valence electrons. The fraction of sp³-hybridized carbons (Fsp3) is 0. The predicted molar refractivity (Wildman–Crippen MR) is 39.6 cm³/mol. The molecule has 0 saturated heterocycles. The molecule has 0 spiro atoms. The SMILES string of the molecule is O=C(O)Oc1csc([N+](=O)[O-])c1. The molecule has 0 radical (unpaired) electrons. The number of thiophene rings is 1. The topological polar surface area (TPSA) is 89.7 Å². The number of nitrogens with zero attached hydrogens (tertiary/aromatic N) is 1. The minimum Gasteiger partial charge on any atom is -0.449 e. The number of carboxylic acid groups (broad SMARTS) is 1. The molecule has 0 fully saturated rings. The molecule has 12 heavy (non-hydrogen) atoms. The standard InChI is InChI=1S/C5H3NO5S/c7-5(8)11-3-1-4(6(9)10)12-2-3/h1-2H,(H,7,8). The van der Waals surface area contributed by atoms with Crippen molar-refractivity contribution in [1.29, 1.82) is 0 Å². The minimum absolute atomic E-state index is 0.0285. The van der Waals surface area contributed by atoms with Crippen molar-refractivity contribution in [2.24, 2.45) is 0 Å². The first-order chi connectivity index (χ1) is 5.59. The molecule has 0 saturated carbocycles. The number of hydrogen-bond acceptors (Lipinski definition) is 5. The van der Waals surface area contributed by atoms with Crippen molar-refractivity contribution in [1.82, 2.24) is 0 Å². The van der Waals surface area contributed by atoms with Crippen LogP contribution >= 0.6 is 11.3 Å². The number of nitro groups is 1. The van der Waals surface area contributed by atoms with Crippen LogP contribution in [0.5, 0.6) is 5.75 Å². The van der Waals surface area contributed by atoms with Crippen molar-refractivity contribution in [3.8, 4) is 5.75 Å². The van der Waals surface area contributed by atoms with Crippen LogP contribution in [0.1, 0.15) is 0 Å². The molecule has 0 amide bonds. The lowest BCUT2D eigenvalue weighted by molar-refractivity contribution is -0.380. The lowest BCUT2D eigenvalue weighted by Gasteiger charge is -1.90. The van der Waals surface area contributed by atoms with E-state index in [0.29, 0.717) is 0 Å². The maximum absolute atomic E-state index is 10.1. The van der Waals surface area contributed by atoms with Crippen LogP contribution in [0.25, 0.3) is 0 Å². The van der Waals surface area contributed by atoms with Gasteiger partial charge in [0.1, 0.15) is 0 Å². The Bertz CT molecular complexity index is 319. The van der Waals surface area contributed by atoms with Crippen LogP contribution in [0.4, 0.5) is 9.80 Å². The first-order valence-corrected chi connectivity index (χ1v) is 3.61. The van der Waals surface area contributed by atoms with Crippen molar-refractivity contribution in [3.05, 3.63) is 21.6 Å². The van der Waals surface area contributed by atoms with E-state index in [4.69, 9.17) is 5.11 Å². The Morgan fingerprint density at radius 3 is 2.83 bits per heavy atom. The molecule has 0 bridgehead atoms. The first kappa shape index (κ1) is 8.47. The highest BCUT2D eigenvalue weighted by atomic mass is 32.1. The molecule has 1 aromatic rings.